The van der Waals surface area contributed by atoms with Crippen LogP contribution in [0.25, 0.3) is 6.08 Å². The molecule has 0 saturated carbocycles. The Hall–Kier alpha value is -3.45. The number of benzene rings is 1. The van der Waals surface area contributed by atoms with Gasteiger partial charge in [0.25, 0.3) is 0 Å². The number of nitrogens with zero attached hydrogens (tertiary/aromatic N) is 2. The molecule has 3 heterocycles. The van der Waals surface area contributed by atoms with Gasteiger partial charge in [-0.05, 0) is 79.5 Å². The highest BCUT2D eigenvalue weighted by atomic mass is 16.7. The first-order chi connectivity index (χ1) is 24.8. The fourth-order valence-corrected chi connectivity index (χ4v) is 7.46. The number of hydrogen-bond acceptors (Lipinski definition) is 9. The van der Waals surface area contributed by atoms with Crippen LogP contribution in [0, 0.1) is 29.6 Å². The lowest BCUT2D eigenvalue weighted by molar-refractivity contribution is -0.190. The number of hydrogen-bond donors (Lipinski definition) is 6. The molecule has 12 heteroatoms. The summed E-state index contributed by atoms with van der Waals surface area (Å²) in [5.74, 6) is 0.295. The summed E-state index contributed by atoms with van der Waals surface area (Å²) in [6, 6.07) is 6.05. The third kappa shape index (κ3) is 12.3. The number of nitrogens with one attached hydrogen (secondary N) is 3. The van der Waals surface area contributed by atoms with Gasteiger partial charge < -0.3 is 45.9 Å². The Morgan fingerprint density at radius 3 is 2.56 bits per heavy atom. The van der Waals surface area contributed by atoms with Gasteiger partial charge in [-0.1, -0.05) is 58.0 Å². The van der Waals surface area contributed by atoms with Gasteiger partial charge in [0.05, 0.1) is 25.4 Å². The van der Waals surface area contributed by atoms with Crippen LogP contribution in [0.1, 0.15) is 89.3 Å². The van der Waals surface area contributed by atoms with Gasteiger partial charge in [-0.2, -0.15) is 0 Å². The van der Waals surface area contributed by atoms with E-state index in [4.69, 9.17) is 20.6 Å². The number of rotatable bonds is 14. The van der Waals surface area contributed by atoms with Crippen LogP contribution in [-0.4, -0.2) is 109 Å². The second kappa shape index (κ2) is 19.6. The van der Waals surface area contributed by atoms with E-state index in [0.29, 0.717) is 36.6 Å². The molecule has 1 aromatic rings. The third-order valence-electron chi connectivity index (χ3n) is 10.7. The Balaban J connectivity index is 1.25. The second-order valence-corrected chi connectivity index (χ2v) is 15.8. The van der Waals surface area contributed by atoms with Crippen molar-refractivity contribution in [2.45, 2.75) is 104 Å². The Morgan fingerprint density at radius 2 is 1.88 bits per heavy atom. The number of allylic oxidation sites excluding steroid dienone is 1. The molecule has 7 N–H and O–H groups in total. The van der Waals surface area contributed by atoms with E-state index in [9.17, 15) is 19.8 Å². The molecule has 1 spiro atoms. The molecule has 3 amide bonds. The second-order valence-electron chi connectivity index (χ2n) is 15.8. The van der Waals surface area contributed by atoms with Crippen LogP contribution in [0.3, 0.4) is 0 Å². The summed E-state index contributed by atoms with van der Waals surface area (Å²) < 4.78 is 11.6. The quantitative estimate of drug-likeness (QED) is 0.122. The Bertz CT molecular complexity index is 1420. The molecule has 3 atom stereocenters. The van der Waals surface area contributed by atoms with Crippen LogP contribution < -0.4 is 16.4 Å². The van der Waals surface area contributed by atoms with Crippen LogP contribution in [0.15, 0.2) is 35.5 Å². The van der Waals surface area contributed by atoms with Crippen molar-refractivity contribution in [2.75, 3.05) is 52.4 Å². The molecule has 3 fully saturated rings. The minimum atomic E-state index is -0.819. The van der Waals surface area contributed by atoms with Gasteiger partial charge in [0.15, 0.2) is 0 Å². The van der Waals surface area contributed by atoms with Crippen molar-refractivity contribution >= 4 is 23.9 Å². The van der Waals surface area contributed by atoms with Crippen LogP contribution >= 0.6 is 0 Å². The van der Waals surface area contributed by atoms with Gasteiger partial charge in [-0.3, -0.25) is 10.2 Å². The minimum absolute atomic E-state index is 0.00965. The number of urea groups is 1. The van der Waals surface area contributed by atoms with E-state index in [2.05, 4.69) is 52.8 Å². The maximum atomic E-state index is 12.8. The Kier molecular flexibility index (Phi) is 15.6. The third-order valence-corrected chi connectivity index (χ3v) is 10.7. The average molecular weight is 725 g/mol. The van der Waals surface area contributed by atoms with E-state index in [-0.39, 0.29) is 48.7 Å². The van der Waals surface area contributed by atoms with E-state index >= 15 is 0 Å². The molecular weight excluding hydrogens is 660 g/mol. The molecule has 3 unspecified atom stereocenters. The molecular formula is C40H64N6O6. The summed E-state index contributed by atoms with van der Waals surface area (Å²) in [7, 11) is 0. The fourth-order valence-electron chi connectivity index (χ4n) is 7.46. The van der Waals surface area contributed by atoms with Gasteiger partial charge in [0.1, 0.15) is 0 Å². The van der Waals surface area contributed by atoms with Crippen LogP contribution in [0.5, 0.6) is 0 Å². The van der Waals surface area contributed by atoms with Gasteiger partial charge in [-0.15, -0.1) is 0 Å². The standard InChI is InChI=1S/C40H64N6O6/c1-27(2)23-43-39(50)44-24-35(49)46-17-13-40(14-18-46)12-8-16-45(26-40)15-7-6-9-30-10-11-31(29(5)19-30)20-34(37(41)28(3)4)38(42)52-36-22-32(48)21-33(25-47)51-36/h6,9-11,19,27-28,32-33,36,42,47-48H,7-8,12-18,20-26,41H2,1-5H3,(H2,43,44,50)/b9-6+,37-34-,42-38?. The first-order valence-electron chi connectivity index (χ1n) is 19.2. The van der Waals surface area contributed by atoms with Gasteiger partial charge in [0, 0.05) is 63.3 Å². The highest BCUT2D eigenvalue weighted by Crippen LogP contribution is 2.40. The Morgan fingerprint density at radius 1 is 1.13 bits per heavy atom. The number of aryl methyl sites for hydroxylation is 1. The van der Waals surface area contributed by atoms with Gasteiger partial charge >= 0.3 is 6.03 Å². The highest BCUT2D eigenvalue weighted by Gasteiger charge is 2.39. The molecule has 0 bridgehead atoms. The van der Waals surface area contributed by atoms with Crippen molar-refractivity contribution < 1.29 is 29.3 Å². The predicted molar refractivity (Wildman–Crippen MR) is 205 cm³/mol. The topological polar surface area (TPSA) is 173 Å². The van der Waals surface area contributed by atoms with Crippen LogP contribution in [-0.2, 0) is 20.7 Å². The van der Waals surface area contributed by atoms with E-state index in [0.717, 1.165) is 68.7 Å². The number of ether oxygens (including phenoxy) is 2. The summed E-state index contributed by atoms with van der Waals surface area (Å²) in [5, 5.41) is 34.0. The molecule has 290 valence electrons. The highest BCUT2D eigenvalue weighted by molar-refractivity contribution is 5.92. The van der Waals surface area contributed by atoms with Crippen molar-refractivity contribution in [1.82, 2.24) is 20.4 Å². The minimum Gasteiger partial charge on any atom is -0.448 e. The van der Waals surface area contributed by atoms with Crippen LogP contribution in [0.2, 0.25) is 0 Å². The molecule has 3 saturated heterocycles. The first-order valence-corrected chi connectivity index (χ1v) is 19.2. The lowest BCUT2D eigenvalue weighted by atomic mass is 9.72. The lowest BCUT2D eigenvalue weighted by Gasteiger charge is -2.47. The number of carbonyl (C=O) groups is 2. The van der Waals surface area contributed by atoms with E-state index < -0.39 is 18.5 Å². The zero-order valence-corrected chi connectivity index (χ0v) is 32.1. The molecule has 52 heavy (non-hydrogen) atoms. The molecule has 0 radical (unpaired) electrons. The number of nitrogens with two attached hydrogens (primary N) is 1. The average Bonchev–Trinajstić information content (AvgIpc) is 3.10. The molecule has 3 aliphatic heterocycles. The smallest absolute Gasteiger partial charge is 0.315 e. The van der Waals surface area contributed by atoms with Gasteiger partial charge in [-0.25, -0.2) is 4.79 Å². The molecule has 3 aliphatic rings. The van der Waals surface area contributed by atoms with E-state index in [1.54, 1.807) is 0 Å². The zero-order valence-electron chi connectivity index (χ0n) is 32.1. The molecule has 0 aromatic heterocycles. The number of aliphatic hydroxyl groups excluding tert-OH is 2. The fraction of sp³-hybridized carbons (Fsp3) is 0.675. The van der Waals surface area contributed by atoms with Crippen molar-refractivity contribution in [1.29, 1.82) is 5.41 Å². The Labute approximate surface area is 310 Å². The molecule has 4 rings (SSSR count). The molecule has 12 nitrogen and oxygen atoms in total. The normalized spacial score (nSPS) is 22.9. The van der Waals surface area contributed by atoms with Crippen molar-refractivity contribution in [3.63, 3.8) is 0 Å². The summed E-state index contributed by atoms with van der Waals surface area (Å²) in [5.41, 5.74) is 11.2. The van der Waals surface area contributed by atoms with Crippen molar-refractivity contribution in [3.8, 4) is 0 Å². The van der Waals surface area contributed by atoms with Crippen molar-refractivity contribution in [3.05, 3.63) is 52.2 Å². The predicted octanol–water partition coefficient (Wildman–Crippen LogP) is 4.32. The number of carbonyl (C=O) groups excluding carboxylic acids is 2. The number of aliphatic hydroxyl groups is 2. The van der Waals surface area contributed by atoms with E-state index in [1.807, 2.05) is 32.6 Å². The molecule has 1 aromatic carbocycles. The van der Waals surface area contributed by atoms with Crippen molar-refractivity contribution in [2.24, 2.45) is 23.0 Å². The summed E-state index contributed by atoms with van der Waals surface area (Å²) in [6.07, 6.45) is 8.75. The van der Waals surface area contributed by atoms with E-state index in [1.165, 1.54) is 12.8 Å². The zero-order chi connectivity index (χ0) is 37.8. The number of piperidine rings is 2. The first kappa shape index (κ1) is 41.3. The number of amides is 3. The maximum Gasteiger partial charge on any atom is 0.315 e. The van der Waals surface area contributed by atoms with Gasteiger partial charge in [0.2, 0.25) is 18.1 Å². The lowest BCUT2D eigenvalue weighted by Crippen LogP contribution is -2.52. The summed E-state index contributed by atoms with van der Waals surface area (Å²) >= 11 is 0. The summed E-state index contributed by atoms with van der Waals surface area (Å²) in [4.78, 5) is 29.2. The molecule has 0 aliphatic carbocycles. The summed E-state index contributed by atoms with van der Waals surface area (Å²) in [6.45, 7) is 15.2. The largest absolute Gasteiger partial charge is 0.448 e. The number of likely N-dealkylation sites (tertiary alicyclic amines) is 2. The maximum absolute atomic E-state index is 12.8. The van der Waals surface area contributed by atoms with Crippen LogP contribution in [0.4, 0.5) is 4.79 Å². The SMILES string of the molecule is Cc1cc(/C=C/CCN2CCCC3(CCN(C(=O)CNC(=O)NCC(C)C)CC3)C2)ccc1C/C(C(=N)OC1CC(O)CC(CO)O1)=C(/N)C(C)C. The monoisotopic (exact) mass is 724 g/mol.